The van der Waals surface area contributed by atoms with E-state index in [-0.39, 0.29) is 6.10 Å². The van der Waals surface area contributed by atoms with Crippen molar-refractivity contribution in [1.29, 1.82) is 0 Å². The van der Waals surface area contributed by atoms with Crippen LogP contribution in [0.3, 0.4) is 0 Å². The molecule has 0 amide bonds. The molecule has 0 radical (unpaired) electrons. The van der Waals surface area contributed by atoms with E-state index in [1.807, 2.05) is 19.1 Å². The molecule has 0 fully saturated rings. The van der Waals surface area contributed by atoms with E-state index in [0.29, 0.717) is 13.1 Å². The Kier molecular flexibility index (Phi) is 5.15. The highest BCUT2D eigenvalue weighted by molar-refractivity contribution is 5.44. The van der Waals surface area contributed by atoms with Gasteiger partial charge in [-0.3, -0.25) is 0 Å². The predicted molar refractivity (Wildman–Crippen MR) is 64.2 cm³/mol. The standard InChI is InChI=1S/C12H20N2O/c1-3-13-8-12(15)9-14-11-6-4-10(2)5-7-11/h4-7,12-15H,3,8-9H2,1-2H3. The monoisotopic (exact) mass is 208 g/mol. The fraction of sp³-hybridized carbons (Fsp3) is 0.500. The molecule has 1 atom stereocenters. The lowest BCUT2D eigenvalue weighted by atomic mass is 10.2. The smallest absolute Gasteiger partial charge is 0.0836 e. The van der Waals surface area contributed by atoms with E-state index in [4.69, 9.17) is 0 Å². The number of hydrogen-bond acceptors (Lipinski definition) is 3. The number of benzene rings is 1. The van der Waals surface area contributed by atoms with E-state index in [0.717, 1.165) is 12.2 Å². The highest BCUT2D eigenvalue weighted by Crippen LogP contribution is 2.08. The molecule has 1 aromatic carbocycles. The number of aliphatic hydroxyl groups is 1. The Hall–Kier alpha value is -1.06. The minimum absolute atomic E-state index is 0.341. The van der Waals surface area contributed by atoms with E-state index < -0.39 is 0 Å². The van der Waals surface area contributed by atoms with Crippen LogP contribution in [-0.4, -0.2) is 30.8 Å². The summed E-state index contributed by atoms with van der Waals surface area (Å²) in [6.07, 6.45) is -0.341. The SMILES string of the molecule is CCNCC(O)CNc1ccc(C)cc1. The minimum Gasteiger partial charge on any atom is -0.390 e. The van der Waals surface area contributed by atoms with Gasteiger partial charge in [0, 0.05) is 18.8 Å². The summed E-state index contributed by atoms with van der Waals surface area (Å²) in [5.41, 5.74) is 2.30. The second kappa shape index (κ2) is 6.43. The molecule has 0 heterocycles. The van der Waals surface area contributed by atoms with Crippen LogP contribution >= 0.6 is 0 Å². The Morgan fingerprint density at radius 3 is 2.47 bits per heavy atom. The molecule has 3 heteroatoms. The summed E-state index contributed by atoms with van der Waals surface area (Å²) in [4.78, 5) is 0. The van der Waals surface area contributed by atoms with Crippen molar-refractivity contribution in [2.45, 2.75) is 20.0 Å². The van der Waals surface area contributed by atoms with Gasteiger partial charge in [0.05, 0.1) is 6.10 Å². The molecule has 0 aliphatic heterocycles. The highest BCUT2D eigenvalue weighted by Gasteiger charge is 2.01. The van der Waals surface area contributed by atoms with Crippen LogP contribution in [0.15, 0.2) is 24.3 Å². The quantitative estimate of drug-likeness (QED) is 0.661. The van der Waals surface area contributed by atoms with Crippen LogP contribution in [0.2, 0.25) is 0 Å². The Balaban J connectivity index is 2.27. The zero-order valence-electron chi connectivity index (χ0n) is 9.46. The minimum atomic E-state index is -0.341. The number of aliphatic hydroxyl groups excluding tert-OH is 1. The fourth-order valence-electron chi connectivity index (χ4n) is 1.29. The van der Waals surface area contributed by atoms with Crippen molar-refractivity contribution >= 4 is 5.69 Å². The van der Waals surface area contributed by atoms with E-state index in [9.17, 15) is 5.11 Å². The van der Waals surface area contributed by atoms with Gasteiger partial charge in [0.25, 0.3) is 0 Å². The molecule has 0 bridgehead atoms. The molecule has 3 nitrogen and oxygen atoms in total. The maximum atomic E-state index is 9.57. The molecule has 0 aliphatic rings. The van der Waals surface area contributed by atoms with Gasteiger partial charge in [-0.1, -0.05) is 24.6 Å². The van der Waals surface area contributed by atoms with Crippen LogP contribution in [-0.2, 0) is 0 Å². The first-order valence-corrected chi connectivity index (χ1v) is 5.41. The third-order valence-corrected chi connectivity index (χ3v) is 2.22. The van der Waals surface area contributed by atoms with E-state index >= 15 is 0 Å². The van der Waals surface area contributed by atoms with E-state index in [1.54, 1.807) is 0 Å². The van der Waals surface area contributed by atoms with Gasteiger partial charge in [0.2, 0.25) is 0 Å². The summed E-state index contributed by atoms with van der Waals surface area (Å²) in [5, 5.41) is 15.9. The Labute approximate surface area is 91.5 Å². The average molecular weight is 208 g/mol. The molecular formula is C12H20N2O. The van der Waals surface area contributed by atoms with Gasteiger partial charge in [-0.2, -0.15) is 0 Å². The van der Waals surface area contributed by atoms with E-state index in [2.05, 4.69) is 29.7 Å². The molecule has 1 unspecified atom stereocenters. The van der Waals surface area contributed by atoms with Crippen LogP contribution in [0.5, 0.6) is 0 Å². The normalized spacial score (nSPS) is 12.5. The Morgan fingerprint density at radius 2 is 1.87 bits per heavy atom. The molecule has 0 saturated carbocycles. The van der Waals surface area contributed by atoms with Crippen molar-refractivity contribution in [1.82, 2.24) is 5.32 Å². The van der Waals surface area contributed by atoms with Gasteiger partial charge in [0.1, 0.15) is 0 Å². The zero-order valence-corrected chi connectivity index (χ0v) is 9.46. The molecule has 15 heavy (non-hydrogen) atoms. The maximum absolute atomic E-state index is 9.57. The van der Waals surface area contributed by atoms with Crippen molar-refractivity contribution in [2.75, 3.05) is 25.0 Å². The first kappa shape index (κ1) is 12.0. The lowest BCUT2D eigenvalue weighted by Crippen LogP contribution is -2.32. The molecule has 1 aromatic rings. The van der Waals surface area contributed by atoms with Crippen LogP contribution < -0.4 is 10.6 Å². The molecular weight excluding hydrogens is 188 g/mol. The lowest BCUT2D eigenvalue weighted by molar-refractivity contribution is 0.185. The average Bonchev–Trinajstić information content (AvgIpc) is 2.25. The molecule has 0 saturated heterocycles. The number of rotatable bonds is 6. The summed E-state index contributed by atoms with van der Waals surface area (Å²) in [7, 11) is 0. The van der Waals surface area contributed by atoms with Crippen LogP contribution in [0.1, 0.15) is 12.5 Å². The largest absolute Gasteiger partial charge is 0.390 e. The van der Waals surface area contributed by atoms with Crippen molar-refractivity contribution < 1.29 is 5.11 Å². The van der Waals surface area contributed by atoms with Gasteiger partial charge in [0.15, 0.2) is 0 Å². The molecule has 3 N–H and O–H groups in total. The molecule has 84 valence electrons. The van der Waals surface area contributed by atoms with Crippen molar-refractivity contribution in [3.63, 3.8) is 0 Å². The second-order valence-electron chi connectivity index (χ2n) is 3.71. The third kappa shape index (κ3) is 4.81. The lowest BCUT2D eigenvalue weighted by Gasteiger charge is -2.13. The van der Waals surface area contributed by atoms with Crippen molar-refractivity contribution in [3.8, 4) is 0 Å². The summed E-state index contributed by atoms with van der Waals surface area (Å²) in [6, 6.07) is 8.16. The third-order valence-electron chi connectivity index (χ3n) is 2.22. The molecule has 0 spiro atoms. The molecule has 1 rings (SSSR count). The van der Waals surface area contributed by atoms with Gasteiger partial charge in [-0.15, -0.1) is 0 Å². The summed E-state index contributed by atoms with van der Waals surface area (Å²) in [6.45, 7) is 6.19. The van der Waals surface area contributed by atoms with Gasteiger partial charge < -0.3 is 15.7 Å². The first-order valence-electron chi connectivity index (χ1n) is 5.41. The first-order chi connectivity index (χ1) is 7.22. The highest BCUT2D eigenvalue weighted by atomic mass is 16.3. The van der Waals surface area contributed by atoms with Crippen LogP contribution in [0.4, 0.5) is 5.69 Å². The molecule has 0 aromatic heterocycles. The topological polar surface area (TPSA) is 44.3 Å². The number of aryl methyl sites for hydroxylation is 1. The summed E-state index contributed by atoms with van der Waals surface area (Å²) >= 11 is 0. The second-order valence-corrected chi connectivity index (χ2v) is 3.71. The number of anilines is 1. The number of likely N-dealkylation sites (N-methyl/N-ethyl adjacent to an activating group) is 1. The Bertz CT molecular complexity index is 271. The van der Waals surface area contributed by atoms with Gasteiger partial charge >= 0.3 is 0 Å². The number of nitrogens with one attached hydrogen (secondary N) is 2. The van der Waals surface area contributed by atoms with Crippen molar-refractivity contribution in [3.05, 3.63) is 29.8 Å². The van der Waals surface area contributed by atoms with Gasteiger partial charge in [-0.25, -0.2) is 0 Å². The molecule has 0 aliphatic carbocycles. The van der Waals surface area contributed by atoms with E-state index in [1.165, 1.54) is 5.56 Å². The zero-order chi connectivity index (χ0) is 11.1. The van der Waals surface area contributed by atoms with Crippen LogP contribution in [0, 0.1) is 6.92 Å². The fourth-order valence-corrected chi connectivity index (χ4v) is 1.29. The summed E-state index contributed by atoms with van der Waals surface area (Å²) < 4.78 is 0. The number of hydrogen-bond donors (Lipinski definition) is 3. The summed E-state index contributed by atoms with van der Waals surface area (Å²) in [5.74, 6) is 0. The maximum Gasteiger partial charge on any atom is 0.0836 e. The Morgan fingerprint density at radius 1 is 1.20 bits per heavy atom. The van der Waals surface area contributed by atoms with Gasteiger partial charge in [-0.05, 0) is 25.6 Å². The van der Waals surface area contributed by atoms with Crippen molar-refractivity contribution in [2.24, 2.45) is 0 Å². The van der Waals surface area contributed by atoms with Crippen LogP contribution in [0.25, 0.3) is 0 Å². The predicted octanol–water partition coefficient (Wildman–Crippen LogP) is 1.38.